The normalized spacial score (nSPS) is 27.2. The van der Waals surface area contributed by atoms with Crippen molar-refractivity contribution >= 4 is 5.91 Å². The van der Waals surface area contributed by atoms with E-state index in [9.17, 15) is 9.18 Å². The molecule has 4 rings (SSSR count). The average Bonchev–Trinajstić information content (AvgIpc) is 2.50. The zero-order valence-corrected chi connectivity index (χ0v) is 13.8. The molecular weight excluding hydrogens is 313 g/mol. The number of carbonyl (C=O) groups is 1. The zero-order valence-electron chi connectivity index (χ0n) is 13.8. The molecule has 0 radical (unpaired) electrons. The molecule has 0 bridgehead atoms. The third-order valence-corrected chi connectivity index (χ3v) is 5.24. The smallest absolute Gasteiger partial charge is 0.260 e. The number of halogens is 1. The van der Waals surface area contributed by atoms with Gasteiger partial charge in [0.2, 0.25) is 5.88 Å². The van der Waals surface area contributed by atoms with Gasteiger partial charge in [-0.1, -0.05) is 0 Å². The van der Waals surface area contributed by atoms with Gasteiger partial charge in [-0.3, -0.25) is 9.78 Å². The van der Waals surface area contributed by atoms with Gasteiger partial charge in [-0.05, 0) is 26.2 Å². The molecule has 1 aliphatic carbocycles. The molecule has 130 valence electrons. The van der Waals surface area contributed by atoms with Crippen LogP contribution in [-0.4, -0.2) is 57.8 Å². The summed E-state index contributed by atoms with van der Waals surface area (Å²) >= 11 is 0. The SMILES string of the molecule is Cc1cncc(O[C@H]2CCOC3(C2)CN(C(=O)C2(F)CCC2)C3)n1. The fourth-order valence-electron chi connectivity index (χ4n) is 3.75. The molecule has 3 fully saturated rings. The second-order valence-electron chi connectivity index (χ2n) is 7.24. The number of rotatable bonds is 3. The number of carbonyl (C=O) groups excluding carboxylic acids is 1. The minimum absolute atomic E-state index is 0.0184. The van der Waals surface area contributed by atoms with Crippen LogP contribution < -0.4 is 4.74 Å². The van der Waals surface area contributed by atoms with E-state index < -0.39 is 11.3 Å². The van der Waals surface area contributed by atoms with Gasteiger partial charge in [0.25, 0.3) is 5.91 Å². The third-order valence-electron chi connectivity index (χ3n) is 5.24. The Bertz CT molecular complexity index is 644. The predicted molar refractivity (Wildman–Crippen MR) is 83.4 cm³/mol. The van der Waals surface area contributed by atoms with Crippen LogP contribution in [0, 0.1) is 6.92 Å². The lowest BCUT2D eigenvalue weighted by atomic mass is 9.78. The van der Waals surface area contributed by atoms with E-state index in [0.29, 0.717) is 44.8 Å². The first-order valence-electron chi connectivity index (χ1n) is 8.56. The summed E-state index contributed by atoms with van der Waals surface area (Å²) < 4.78 is 26.1. The van der Waals surface area contributed by atoms with Crippen molar-refractivity contribution in [2.24, 2.45) is 0 Å². The van der Waals surface area contributed by atoms with Crippen LogP contribution in [0.5, 0.6) is 5.88 Å². The molecular formula is C17H22FN3O3. The number of ether oxygens (including phenoxy) is 2. The summed E-state index contributed by atoms with van der Waals surface area (Å²) in [7, 11) is 0. The van der Waals surface area contributed by atoms with Gasteiger partial charge in [-0.2, -0.15) is 0 Å². The van der Waals surface area contributed by atoms with Gasteiger partial charge in [0, 0.05) is 19.0 Å². The van der Waals surface area contributed by atoms with Crippen LogP contribution in [-0.2, 0) is 9.53 Å². The molecule has 0 N–H and O–H groups in total. The molecule has 3 heterocycles. The summed E-state index contributed by atoms with van der Waals surface area (Å²) in [5.41, 5.74) is -1.21. The number of nitrogens with zero attached hydrogens (tertiary/aromatic N) is 3. The number of alkyl halides is 1. The topological polar surface area (TPSA) is 64.6 Å². The van der Waals surface area contributed by atoms with Gasteiger partial charge in [-0.15, -0.1) is 0 Å². The highest BCUT2D eigenvalue weighted by Gasteiger charge is 2.55. The van der Waals surface area contributed by atoms with Gasteiger partial charge in [0.1, 0.15) is 11.7 Å². The Morgan fingerprint density at radius 3 is 2.88 bits per heavy atom. The average molecular weight is 335 g/mol. The van der Waals surface area contributed by atoms with Crippen molar-refractivity contribution in [3.63, 3.8) is 0 Å². The number of hydrogen-bond acceptors (Lipinski definition) is 5. The van der Waals surface area contributed by atoms with Crippen molar-refractivity contribution in [3.8, 4) is 5.88 Å². The lowest BCUT2D eigenvalue weighted by molar-refractivity contribution is -0.202. The molecule has 0 aromatic carbocycles. The highest BCUT2D eigenvalue weighted by molar-refractivity contribution is 5.87. The first kappa shape index (κ1) is 15.7. The summed E-state index contributed by atoms with van der Waals surface area (Å²) in [5.74, 6) is 0.150. The van der Waals surface area contributed by atoms with Gasteiger partial charge < -0.3 is 14.4 Å². The van der Waals surface area contributed by atoms with E-state index in [-0.39, 0.29) is 12.0 Å². The Hall–Kier alpha value is -1.76. The maximum atomic E-state index is 14.3. The fraction of sp³-hybridized carbons (Fsp3) is 0.706. The quantitative estimate of drug-likeness (QED) is 0.843. The van der Waals surface area contributed by atoms with Crippen LogP contribution in [0.3, 0.4) is 0 Å². The molecule has 3 aliphatic rings. The van der Waals surface area contributed by atoms with Crippen LogP contribution in [0.25, 0.3) is 0 Å². The van der Waals surface area contributed by atoms with Gasteiger partial charge in [-0.25, -0.2) is 9.37 Å². The molecule has 6 nitrogen and oxygen atoms in total. The summed E-state index contributed by atoms with van der Waals surface area (Å²) in [6.07, 6.45) is 6.24. The maximum absolute atomic E-state index is 14.3. The molecule has 1 aromatic rings. The first-order chi connectivity index (χ1) is 11.5. The van der Waals surface area contributed by atoms with Gasteiger partial charge in [0.15, 0.2) is 5.67 Å². The van der Waals surface area contributed by atoms with Crippen molar-refractivity contribution in [3.05, 3.63) is 18.1 Å². The van der Waals surface area contributed by atoms with Crippen molar-refractivity contribution in [1.29, 1.82) is 0 Å². The third kappa shape index (κ3) is 2.75. The zero-order chi connectivity index (χ0) is 16.8. The van der Waals surface area contributed by atoms with Gasteiger partial charge in [0.05, 0.1) is 31.6 Å². The molecule has 1 spiro atoms. The monoisotopic (exact) mass is 335 g/mol. The van der Waals surface area contributed by atoms with Crippen molar-refractivity contribution in [2.75, 3.05) is 19.7 Å². The minimum Gasteiger partial charge on any atom is -0.473 e. The number of aryl methyl sites for hydroxylation is 1. The highest BCUT2D eigenvalue weighted by atomic mass is 19.1. The summed E-state index contributed by atoms with van der Waals surface area (Å²) in [4.78, 5) is 22.2. The Morgan fingerprint density at radius 1 is 1.42 bits per heavy atom. The molecule has 2 aliphatic heterocycles. The number of hydrogen-bond donors (Lipinski definition) is 0. The highest BCUT2D eigenvalue weighted by Crippen LogP contribution is 2.42. The molecule has 24 heavy (non-hydrogen) atoms. The second kappa shape index (κ2) is 5.65. The molecule has 7 heteroatoms. The molecule has 0 unspecified atom stereocenters. The van der Waals surface area contributed by atoms with E-state index in [1.807, 2.05) is 6.92 Å². The molecule has 1 amide bonds. The second-order valence-corrected chi connectivity index (χ2v) is 7.24. The summed E-state index contributed by atoms with van der Waals surface area (Å²) in [6, 6.07) is 0. The number of amides is 1. The largest absolute Gasteiger partial charge is 0.473 e. The van der Waals surface area contributed by atoms with Crippen LogP contribution in [0.2, 0.25) is 0 Å². The lowest BCUT2D eigenvalue weighted by Crippen LogP contribution is -2.70. The molecule has 2 saturated heterocycles. The van der Waals surface area contributed by atoms with Crippen LogP contribution in [0.15, 0.2) is 12.4 Å². The maximum Gasteiger partial charge on any atom is 0.260 e. The van der Waals surface area contributed by atoms with E-state index in [1.165, 1.54) is 0 Å². The summed E-state index contributed by atoms with van der Waals surface area (Å²) in [5, 5.41) is 0. The van der Waals surface area contributed by atoms with Crippen molar-refractivity contribution in [2.45, 2.75) is 56.4 Å². The minimum atomic E-state index is -1.62. The van der Waals surface area contributed by atoms with Crippen LogP contribution >= 0.6 is 0 Å². The Morgan fingerprint density at radius 2 is 2.21 bits per heavy atom. The standard InChI is InChI=1S/C17H22FN3O3/c1-12-8-19-9-14(20-12)24-13-3-6-23-16(7-13)10-21(11-16)15(22)17(18)4-2-5-17/h8-9,13H,2-7,10-11H2,1H3/t13-/m0/s1. The Balaban J connectivity index is 1.35. The van der Waals surface area contributed by atoms with E-state index >= 15 is 0 Å². The van der Waals surface area contributed by atoms with E-state index in [4.69, 9.17) is 9.47 Å². The van der Waals surface area contributed by atoms with Crippen LogP contribution in [0.4, 0.5) is 4.39 Å². The predicted octanol–water partition coefficient (Wildman–Crippen LogP) is 1.82. The fourth-order valence-corrected chi connectivity index (χ4v) is 3.75. The molecule has 1 atom stereocenters. The summed E-state index contributed by atoms with van der Waals surface area (Å²) in [6.45, 7) is 3.36. The van der Waals surface area contributed by atoms with E-state index in [1.54, 1.807) is 17.3 Å². The Kier molecular flexibility index (Phi) is 3.71. The first-order valence-corrected chi connectivity index (χ1v) is 8.56. The van der Waals surface area contributed by atoms with Crippen molar-refractivity contribution < 1.29 is 18.7 Å². The van der Waals surface area contributed by atoms with Gasteiger partial charge >= 0.3 is 0 Å². The van der Waals surface area contributed by atoms with Crippen LogP contribution in [0.1, 0.15) is 37.8 Å². The van der Waals surface area contributed by atoms with Crippen molar-refractivity contribution in [1.82, 2.24) is 14.9 Å². The van der Waals surface area contributed by atoms with E-state index in [0.717, 1.165) is 18.5 Å². The lowest BCUT2D eigenvalue weighted by Gasteiger charge is -2.54. The molecule has 1 aromatic heterocycles. The number of likely N-dealkylation sites (tertiary alicyclic amines) is 1. The Labute approximate surface area is 140 Å². The molecule has 1 saturated carbocycles. The number of aromatic nitrogens is 2. The van der Waals surface area contributed by atoms with E-state index in [2.05, 4.69) is 9.97 Å².